The van der Waals surface area contributed by atoms with Crippen molar-refractivity contribution in [1.82, 2.24) is 0 Å². The first-order valence-electron chi connectivity index (χ1n) is 5.75. The number of nitrogens with two attached hydrogens (primary N) is 1. The van der Waals surface area contributed by atoms with Crippen molar-refractivity contribution in [3.8, 4) is 6.07 Å². The number of rotatable bonds is 7. The zero-order valence-electron chi connectivity index (χ0n) is 11.5. The Kier molecular flexibility index (Phi) is 8.08. The van der Waals surface area contributed by atoms with Crippen LogP contribution in [0.4, 0.5) is 0 Å². The molecule has 0 bridgehead atoms. The molecule has 0 saturated heterocycles. The number of thioether (sulfide) groups is 1. The zero-order valence-corrected chi connectivity index (χ0v) is 12.3. The standard InChI is InChI=1S/C12H16N2O5S/c1-4-18-11(16)7(6-13)9(20-3)8(10(14)15)12(17)19-5-2/h8H,4-5H2,1-3H3,(H2,14,15). The summed E-state index contributed by atoms with van der Waals surface area (Å²) in [4.78, 5) is 34.8. The van der Waals surface area contributed by atoms with Gasteiger partial charge in [0.05, 0.1) is 13.2 Å². The van der Waals surface area contributed by atoms with Crippen molar-refractivity contribution in [2.75, 3.05) is 19.5 Å². The fourth-order valence-corrected chi connectivity index (χ4v) is 2.13. The van der Waals surface area contributed by atoms with Crippen LogP contribution in [-0.4, -0.2) is 37.3 Å². The van der Waals surface area contributed by atoms with E-state index < -0.39 is 29.3 Å². The predicted octanol–water partition coefficient (Wildman–Crippen LogP) is 0.355. The van der Waals surface area contributed by atoms with Crippen LogP contribution >= 0.6 is 11.8 Å². The lowest BCUT2D eigenvalue weighted by molar-refractivity contribution is -0.149. The van der Waals surface area contributed by atoms with E-state index in [1.54, 1.807) is 19.9 Å². The van der Waals surface area contributed by atoms with Crippen LogP contribution in [0.25, 0.3) is 0 Å². The summed E-state index contributed by atoms with van der Waals surface area (Å²) in [7, 11) is 0. The molecule has 0 aromatic carbocycles. The summed E-state index contributed by atoms with van der Waals surface area (Å²) < 4.78 is 9.44. The van der Waals surface area contributed by atoms with Crippen LogP contribution in [0.15, 0.2) is 10.5 Å². The maximum absolute atomic E-state index is 11.8. The molecular formula is C12H16N2O5S. The van der Waals surface area contributed by atoms with E-state index in [2.05, 4.69) is 0 Å². The number of hydrogen-bond donors (Lipinski definition) is 1. The third kappa shape index (κ3) is 4.59. The van der Waals surface area contributed by atoms with Crippen molar-refractivity contribution < 1.29 is 23.9 Å². The van der Waals surface area contributed by atoms with Gasteiger partial charge < -0.3 is 15.2 Å². The maximum Gasteiger partial charge on any atom is 0.349 e. The number of nitriles is 1. The highest BCUT2D eigenvalue weighted by molar-refractivity contribution is 8.02. The summed E-state index contributed by atoms with van der Waals surface area (Å²) in [5.41, 5.74) is 4.74. The average molecular weight is 300 g/mol. The van der Waals surface area contributed by atoms with Crippen LogP contribution in [0.1, 0.15) is 13.8 Å². The van der Waals surface area contributed by atoms with Gasteiger partial charge in [-0.1, -0.05) is 0 Å². The van der Waals surface area contributed by atoms with Gasteiger partial charge in [-0.05, 0) is 20.1 Å². The molecule has 0 spiro atoms. The van der Waals surface area contributed by atoms with Crippen molar-refractivity contribution in [2.24, 2.45) is 11.7 Å². The van der Waals surface area contributed by atoms with Gasteiger partial charge in [0.1, 0.15) is 11.6 Å². The first-order chi connectivity index (χ1) is 9.44. The van der Waals surface area contributed by atoms with E-state index in [1.807, 2.05) is 0 Å². The van der Waals surface area contributed by atoms with Crippen LogP contribution < -0.4 is 5.73 Å². The van der Waals surface area contributed by atoms with Gasteiger partial charge >= 0.3 is 11.9 Å². The van der Waals surface area contributed by atoms with Crippen molar-refractivity contribution in [1.29, 1.82) is 5.26 Å². The Hall–Kier alpha value is -2.01. The number of primary amides is 1. The number of hydrogen-bond acceptors (Lipinski definition) is 7. The number of ether oxygens (including phenoxy) is 2. The first kappa shape index (κ1) is 18.0. The summed E-state index contributed by atoms with van der Waals surface area (Å²) in [6, 6.07) is 1.64. The molecule has 0 aliphatic carbocycles. The summed E-state index contributed by atoms with van der Waals surface area (Å²) in [5, 5.41) is 9.04. The van der Waals surface area contributed by atoms with Gasteiger partial charge in [0.25, 0.3) is 0 Å². The lowest BCUT2D eigenvalue weighted by Gasteiger charge is -2.15. The summed E-state index contributed by atoms with van der Waals surface area (Å²) in [6.07, 6.45) is 1.51. The minimum atomic E-state index is -1.50. The Morgan fingerprint density at radius 3 is 2.15 bits per heavy atom. The second kappa shape index (κ2) is 8.98. The molecule has 1 unspecified atom stereocenters. The van der Waals surface area contributed by atoms with Crippen molar-refractivity contribution in [2.45, 2.75) is 13.8 Å². The normalized spacial score (nSPS) is 12.7. The summed E-state index contributed by atoms with van der Waals surface area (Å²) in [5.74, 6) is -4.30. The molecule has 0 heterocycles. The van der Waals surface area contributed by atoms with E-state index in [1.165, 1.54) is 6.26 Å². The number of esters is 2. The zero-order chi connectivity index (χ0) is 15.7. The third-order valence-electron chi connectivity index (χ3n) is 2.13. The second-order valence-electron chi connectivity index (χ2n) is 3.36. The van der Waals surface area contributed by atoms with Crippen LogP contribution in [0, 0.1) is 17.2 Å². The molecule has 8 heteroatoms. The highest BCUT2D eigenvalue weighted by Gasteiger charge is 2.34. The number of nitrogens with zero attached hydrogens (tertiary/aromatic N) is 1. The van der Waals surface area contributed by atoms with Gasteiger partial charge in [-0.25, -0.2) is 4.79 Å². The average Bonchev–Trinajstić information content (AvgIpc) is 2.38. The molecule has 2 N–H and O–H groups in total. The minimum Gasteiger partial charge on any atom is -0.465 e. The van der Waals surface area contributed by atoms with Crippen molar-refractivity contribution in [3.63, 3.8) is 0 Å². The highest BCUT2D eigenvalue weighted by Crippen LogP contribution is 2.27. The van der Waals surface area contributed by atoms with E-state index in [0.717, 1.165) is 11.8 Å². The van der Waals surface area contributed by atoms with E-state index in [0.29, 0.717) is 0 Å². The van der Waals surface area contributed by atoms with Gasteiger partial charge in [-0.15, -0.1) is 11.8 Å². The van der Waals surface area contributed by atoms with Crippen molar-refractivity contribution >= 4 is 29.6 Å². The molecule has 20 heavy (non-hydrogen) atoms. The molecule has 0 aromatic rings. The van der Waals surface area contributed by atoms with E-state index in [4.69, 9.17) is 20.5 Å². The minimum absolute atomic E-state index is 0.0472. The molecule has 0 saturated carbocycles. The molecule has 0 fully saturated rings. The number of carbonyl (C=O) groups excluding carboxylic acids is 3. The fraction of sp³-hybridized carbons (Fsp3) is 0.500. The smallest absolute Gasteiger partial charge is 0.349 e. The van der Waals surface area contributed by atoms with Gasteiger partial charge in [-0.3, -0.25) is 9.59 Å². The highest BCUT2D eigenvalue weighted by atomic mass is 32.2. The van der Waals surface area contributed by atoms with E-state index in [9.17, 15) is 14.4 Å². The summed E-state index contributed by atoms with van der Waals surface area (Å²) in [6.45, 7) is 3.25. The SMILES string of the molecule is CCOC(=O)C(C#N)=C(SC)C(C(N)=O)C(=O)OCC. The quantitative estimate of drug-likeness (QED) is 0.312. The Bertz CT molecular complexity index is 467. The predicted molar refractivity (Wildman–Crippen MR) is 72.1 cm³/mol. The Balaban J connectivity index is 5.77. The Morgan fingerprint density at radius 2 is 1.80 bits per heavy atom. The molecule has 0 aliphatic rings. The molecular weight excluding hydrogens is 284 g/mol. The van der Waals surface area contributed by atoms with Gasteiger partial charge in [0.15, 0.2) is 5.92 Å². The van der Waals surface area contributed by atoms with Gasteiger partial charge in [0.2, 0.25) is 5.91 Å². The Morgan fingerprint density at radius 1 is 1.25 bits per heavy atom. The number of carbonyl (C=O) groups is 3. The molecule has 7 nitrogen and oxygen atoms in total. The summed E-state index contributed by atoms with van der Waals surface area (Å²) >= 11 is 0.902. The largest absolute Gasteiger partial charge is 0.465 e. The Labute approximate surface area is 121 Å². The third-order valence-corrected chi connectivity index (χ3v) is 3.01. The van der Waals surface area contributed by atoms with E-state index in [-0.39, 0.29) is 18.1 Å². The topological polar surface area (TPSA) is 119 Å². The lowest BCUT2D eigenvalue weighted by Crippen LogP contribution is -2.33. The van der Waals surface area contributed by atoms with Crippen LogP contribution in [0.2, 0.25) is 0 Å². The molecule has 110 valence electrons. The molecule has 0 rings (SSSR count). The first-order valence-corrected chi connectivity index (χ1v) is 6.98. The number of amides is 1. The van der Waals surface area contributed by atoms with Gasteiger partial charge in [-0.2, -0.15) is 5.26 Å². The fourth-order valence-electron chi connectivity index (χ4n) is 1.35. The van der Waals surface area contributed by atoms with Crippen LogP contribution in [-0.2, 0) is 23.9 Å². The molecule has 1 atom stereocenters. The van der Waals surface area contributed by atoms with Crippen LogP contribution in [0.5, 0.6) is 0 Å². The molecule has 1 amide bonds. The van der Waals surface area contributed by atoms with Crippen molar-refractivity contribution in [3.05, 3.63) is 10.5 Å². The van der Waals surface area contributed by atoms with E-state index >= 15 is 0 Å². The molecule has 0 aromatic heterocycles. The van der Waals surface area contributed by atoms with Gasteiger partial charge in [0, 0.05) is 4.91 Å². The lowest BCUT2D eigenvalue weighted by atomic mass is 10.0. The maximum atomic E-state index is 11.8. The molecule has 0 aliphatic heterocycles. The molecule has 0 radical (unpaired) electrons. The second-order valence-corrected chi connectivity index (χ2v) is 4.21. The monoisotopic (exact) mass is 300 g/mol. The van der Waals surface area contributed by atoms with Crippen LogP contribution in [0.3, 0.4) is 0 Å².